The van der Waals surface area contributed by atoms with Gasteiger partial charge in [-0.05, 0) is 78.7 Å². The largest absolute Gasteiger partial charge is 0.474 e. The van der Waals surface area contributed by atoms with Gasteiger partial charge in [-0.3, -0.25) is 20.4 Å². The zero-order valence-corrected chi connectivity index (χ0v) is 21.9. The molecular weight excluding hydrogens is 464 g/mol. The molecule has 3 rings (SSSR count). The van der Waals surface area contributed by atoms with Gasteiger partial charge in [-0.2, -0.15) is 0 Å². The highest BCUT2D eigenvalue weighted by Crippen LogP contribution is 2.40. The molecule has 0 heterocycles. The number of amides is 2. The van der Waals surface area contributed by atoms with Crippen LogP contribution in [0.5, 0.6) is 11.5 Å². The molecule has 2 atom stereocenters. The molecule has 1 aliphatic carbocycles. The number of benzene rings is 2. The summed E-state index contributed by atoms with van der Waals surface area (Å²) in [6, 6.07) is 15.6. The highest BCUT2D eigenvalue weighted by atomic mass is 28.4. The Morgan fingerprint density at radius 1 is 1.00 bits per heavy atom. The number of rotatable bonds is 6. The topological polar surface area (TPSA) is 114 Å². The Kier molecular flexibility index (Phi) is 8.02. The molecule has 1 aliphatic rings. The van der Waals surface area contributed by atoms with Gasteiger partial charge in [-0.15, -0.1) is 0 Å². The number of hydrogen-bond acceptors (Lipinski definition) is 5. The molecule has 0 aliphatic heterocycles. The molecule has 0 spiro atoms. The van der Waals surface area contributed by atoms with E-state index in [0.717, 1.165) is 23.5 Å². The van der Waals surface area contributed by atoms with Crippen molar-refractivity contribution in [3.8, 4) is 11.5 Å². The number of hydrogen-bond donors (Lipinski definition) is 3. The molecule has 2 amide bonds. The monoisotopic (exact) mass is 498 g/mol. The summed E-state index contributed by atoms with van der Waals surface area (Å²) in [5.41, 5.74) is 6.50. The first-order chi connectivity index (χ1) is 16.4. The van der Waals surface area contributed by atoms with E-state index in [1.807, 2.05) is 54.0 Å². The maximum atomic E-state index is 13.1. The van der Waals surface area contributed by atoms with E-state index >= 15 is 0 Å². The van der Waals surface area contributed by atoms with Gasteiger partial charge in [0.2, 0.25) is 0 Å². The molecule has 0 saturated heterocycles. The maximum Gasteiger partial charge on any atom is 0.396 e. The third-order valence-electron chi connectivity index (χ3n) is 6.83. The van der Waals surface area contributed by atoms with Crippen molar-refractivity contribution in [1.82, 2.24) is 10.9 Å². The van der Waals surface area contributed by atoms with Gasteiger partial charge in [0.15, 0.2) is 8.32 Å². The molecule has 2 aromatic rings. The minimum absolute atomic E-state index is 0.126. The molecule has 188 valence electrons. The Labute approximate surface area is 207 Å². The van der Waals surface area contributed by atoms with Crippen LogP contribution < -0.4 is 15.6 Å². The van der Waals surface area contributed by atoms with Crippen molar-refractivity contribution in [2.75, 3.05) is 0 Å². The number of hydrazine groups is 1. The van der Waals surface area contributed by atoms with Gasteiger partial charge in [0, 0.05) is 0 Å². The predicted molar refractivity (Wildman–Crippen MR) is 134 cm³/mol. The zero-order valence-electron chi connectivity index (χ0n) is 20.9. The summed E-state index contributed by atoms with van der Waals surface area (Å²) in [4.78, 5) is 35.4. The second-order valence-electron chi connectivity index (χ2n) is 10.4. The van der Waals surface area contributed by atoms with Crippen LogP contribution >= 0.6 is 0 Å². The van der Waals surface area contributed by atoms with Crippen molar-refractivity contribution in [2.24, 2.45) is 5.92 Å². The second kappa shape index (κ2) is 10.6. The molecule has 0 fully saturated rings. The standard InChI is InChI=1S/C26H34N2O6Si/c1-26(2,3)35(4,5)34-22(23(29)27-28-24(30)25(31)32)19-12-11-18-16-21(14-13-17(18)15-19)33-20-9-7-6-8-10-20/h6-10,13-14,16,19,22H,11-12,15H2,1-5H3,(H,27,29)(H,28,30)(H,31,32). The SMILES string of the molecule is CC(C)(C)[Si](C)(C)OC(C(=O)NNC(=O)C(=O)O)C1CCc2cc(Oc3ccccc3)ccc2C1. The van der Waals surface area contributed by atoms with Crippen molar-refractivity contribution in [2.45, 2.75) is 64.3 Å². The lowest BCUT2D eigenvalue weighted by molar-refractivity contribution is -0.151. The van der Waals surface area contributed by atoms with Crippen LogP contribution in [0.2, 0.25) is 18.1 Å². The van der Waals surface area contributed by atoms with Crippen LogP contribution in [0.1, 0.15) is 38.3 Å². The molecule has 9 heteroatoms. The lowest BCUT2D eigenvalue weighted by Gasteiger charge is -2.41. The number of para-hydroxylation sites is 1. The Morgan fingerprint density at radius 3 is 2.31 bits per heavy atom. The van der Waals surface area contributed by atoms with E-state index in [-0.39, 0.29) is 11.0 Å². The summed E-state index contributed by atoms with van der Waals surface area (Å²) in [5, 5.41) is 8.67. The van der Waals surface area contributed by atoms with Gasteiger partial charge in [0.05, 0.1) is 0 Å². The van der Waals surface area contributed by atoms with Crippen LogP contribution in [0.15, 0.2) is 48.5 Å². The van der Waals surface area contributed by atoms with E-state index in [1.165, 1.54) is 5.56 Å². The smallest absolute Gasteiger partial charge is 0.396 e. The quantitative estimate of drug-likeness (QED) is 0.312. The van der Waals surface area contributed by atoms with Gasteiger partial charge in [0.25, 0.3) is 5.91 Å². The number of aliphatic carboxylic acids is 1. The average molecular weight is 499 g/mol. The molecule has 8 nitrogen and oxygen atoms in total. The number of carboxylic acids is 1. The summed E-state index contributed by atoms with van der Waals surface area (Å²) in [6.45, 7) is 10.4. The first-order valence-corrected chi connectivity index (χ1v) is 14.6. The molecule has 3 N–H and O–H groups in total. The summed E-state index contributed by atoms with van der Waals surface area (Å²) in [7, 11) is -2.35. The summed E-state index contributed by atoms with van der Waals surface area (Å²) in [5.74, 6) is -2.11. The molecule has 2 unspecified atom stereocenters. The van der Waals surface area contributed by atoms with Crippen LogP contribution in [-0.4, -0.2) is 37.3 Å². The van der Waals surface area contributed by atoms with E-state index in [2.05, 4.69) is 39.3 Å². The minimum atomic E-state index is -2.35. The highest BCUT2D eigenvalue weighted by molar-refractivity contribution is 6.74. The normalized spacial score (nSPS) is 16.5. The van der Waals surface area contributed by atoms with Crippen LogP contribution in [0, 0.1) is 5.92 Å². The van der Waals surface area contributed by atoms with E-state index < -0.39 is 32.2 Å². The Hall–Kier alpha value is -3.17. The average Bonchev–Trinajstić information content (AvgIpc) is 2.80. The van der Waals surface area contributed by atoms with E-state index in [4.69, 9.17) is 14.3 Å². The fraction of sp³-hybridized carbons (Fsp3) is 0.423. The maximum absolute atomic E-state index is 13.1. The fourth-order valence-electron chi connectivity index (χ4n) is 3.81. The molecule has 0 radical (unpaired) electrons. The van der Waals surface area contributed by atoms with Crippen LogP contribution in [0.3, 0.4) is 0 Å². The van der Waals surface area contributed by atoms with E-state index in [1.54, 1.807) is 0 Å². The second-order valence-corrected chi connectivity index (χ2v) is 15.2. The van der Waals surface area contributed by atoms with Gasteiger partial charge < -0.3 is 14.3 Å². The molecule has 0 aromatic heterocycles. The zero-order chi connectivity index (χ0) is 25.8. The summed E-state index contributed by atoms with van der Waals surface area (Å²) < 4.78 is 12.5. The third kappa shape index (κ3) is 6.70. The summed E-state index contributed by atoms with van der Waals surface area (Å²) in [6.07, 6.45) is 1.26. The number of aryl methyl sites for hydroxylation is 1. The molecule has 0 saturated carbocycles. The van der Waals surface area contributed by atoms with Crippen molar-refractivity contribution in [3.05, 3.63) is 59.7 Å². The van der Waals surface area contributed by atoms with Gasteiger partial charge in [-0.25, -0.2) is 4.79 Å². The molecular formula is C26H34N2O6Si. The van der Waals surface area contributed by atoms with Gasteiger partial charge >= 0.3 is 11.9 Å². The Balaban J connectivity index is 1.78. The van der Waals surface area contributed by atoms with Crippen LogP contribution in [0.25, 0.3) is 0 Å². The van der Waals surface area contributed by atoms with Crippen LogP contribution in [-0.2, 0) is 31.7 Å². The number of carbonyl (C=O) groups is 3. The van der Waals surface area contributed by atoms with Gasteiger partial charge in [0.1, 0.15) is 17.6 Å². The van der Waals surface area contributed by atoms with Crippen molar-refractivity contribution < 1.29 is 28.7 Å². The van der Waals surface area contributed by atoms with E-state index in [9.17, 15) is 14.4 Å². The van der Waals surface area contributed by atoms with Crippen molar-refractivity contribution in [1.29, 1.82) is 0 Å². The van der Waals surface area contributed by atoms with Crippen molar-refractivity contribution in [3.63, 3.8) is 0 Å². The number of nitrogens with one attached hydrogen (secondary N) is 2. The predicted octanol–water partition coefficient (Wildman–Crippen LogP) is 4.21. The first kappa shape index (κ1) is 26.4. The lowest BCUT2D eigenvalue weighted by Crippen LogP contribution is -2.55. The van der Waals surface area contributed by atoms with Crippen LogP contribution in [0.4, 0.5) is 0 Å². The van der Waals surface area contributed by atoms with Gasteiger partial charge in [-0.1, -0.05) is 45.0 Å². The van der Waals surface area contributed by atoms with Crippen molar-refractivity contribution >= 4 is 26.1 Å². The molecule has 0 bridgehead atoms. The first-order valence-electron chi connectivity index (χ1n) is 11.7. The molecule has 2 aromatic carbocycles. The minimum Gasteiger partial charge on any atom is -0.474 e. The Bertz CT molecular complexity index is 1080. The lowest BCUT2D eigenvalue weighted by atomic mass is 9.80. The number of carbonyl (C=O) groups excluding carboxylic acids is 2. The summed E-state index contributed by atoms with van der Waals surface area (Å²) >= 11 is 0. The number of ether oxygens (including phenoxy) is 1. The molecule has 35 heavy (non-hydrogen) atoms. The highest BCUT2D eigenvalue weighted by Gasteiger charge is 2.43. The number of fused-ring (bicyclic) bond motifs is 1. The third-order valence-corrected chi connectivity index (χ3v) is 11.3. The van der Waals surface area contributed by atoms with E-state index in [0.29, 0.717) is 12.8 Å². The number of carboxylic acid groups (broad SMARTS) is 1. The Morgan fingerprint density at radius 2 is 1.69 bits per heavy atom. The fourth-order valence-corrected chi connectivity index (χ4v) is 5.09.